The van der Waals surface area contributed by atoms with Crippen LogP contribution in [0, 0.1) is 5.92 Å². The molecule has 1 aromatic heterocycles. The lowest BCUT2D eigenvalue weighted by molar-refractivity contribution is 0.0458. The predicted molar refractivity (Wildman–Crippen MR) is 53.2 cm³/mol. The molecule has 0 saturated carbocycles. The largest absolute Gasteiger partial charge is 0.373 e. The van der Waals surface area contributed by atoms with Crippen molar-refractivity contribution in [3.05, 3.63) is 18.0 Å². The van der Waals surface area contributed by atoms with E-state index in [1.165, 1.54) is 0 Å². The Balaban J connectivity index is 2.83. The van der Waals surface area contributed by atoms with Gasteiger partial charge in [-0.3, -0.25) is 9.48 Å². The highest BCUT2D eigenvalue weighted by Gasteiger charge is 2.23. The maximum absolute atomic E-state index is 11.9. The van der Waals surface area contributed by atoms with Crippen molar-refractivity contribution >= 4 is 5.78 Å². The Bertz CT molecular complexity index is 318. The van der Waals surface area contributed by atoms with Gasteiger partial charge in [-0.15, -0.1) is 0 Å². The highest BCUT2D eigenvalue weighted by molar-refractivity contribution is 5.99. The molecule has 0 aliphatic heterocycles. The third-order valence-electron chi connectivity index (χ3n) is 2.11. The average Bonchev–Trinajstić information content (AvgIpc) is 2.52. The summed E-state index contributed by atoms with van der Waals surface area (Å²) in [6, 6.07) is 0. The van der Waals surface area contributed by atoms with Gasteiger partial charge in [0.05, 0.1) is 11.8 Å². The molecule has 4 heteroatoms. The number of hydrogen-bond acceptors (Lipinski definition) is 3. The van der Waals surface area contributed by atoms with Crippen molar-refractivity contribution in [2.75, 3.05) is 7.11 Å². The van der Waals surface area contributed by atoms with Crippen molar-refractivity contribution in [3.63, 3.8) is 0 Å². The maximum atomic E-state index is 11.9. The first kappa shape index (κ1) is 10.9. The Labute approximate surface area is 83.9 Å². The molecule has 4 nitrogen and oxygen atoms in total. The molecular weight excluding hydrogens is 180 g/mol. The van der Waals surface area contributed by atoms with Crippen LogP contribution in [-0.4, -0.2) is 28.8 Å². The van der Waals surface area contributed by atoms with Gasteiger partial charge >= 0.3 is 0 Å². The molecule has 0 saturated heterocycles. The van der Waals surface area contributed by atoms with Crippen molar-refractivity contribution in [3.8, 4) is 0 Å². The van der Waals surface area contributed by atoms with Crippen molar-refractivity contribution in [2.24, 2.45) is 13.0 Å². The van der Waals surface area contributed by atoms with Gasteiger partial charge in [0.25, 0.3) is 0 Å². The molecule has 1 unspecified atom stereocenters. The molecular formula is C10H16N2O2. The average molecular weight is 196 g/mol. The second-order valence-corrected chi connectivity index (χ2v) is 3.67. The number of Topliss-reactive ketones (excluding diaryl/α,β-unsaturated/α-hetero) is 1. The number of aryl methyl sites for hydroxylation is 1. The molecule has 0 aromatic carbocycles. The van der Waals surface area contributed by atoms with Crippen molar-refractivity contribution < 1.29 is 9.53 Å². The summed E-state index contributed by atoms with van der Waals surface area (Å²) in [5.74, 6) is 0.170. The van der Waals surface area contributed by atoms with Crippen LogP contribution in [0.5, 0.6) is 0 Å². The second-order valence-electron chi connectivity index (χ2n) is 3.67. The van der Waals surface area contributed by atoms with Crippen LogP contribution in [0.2, 0.25) is 0 Å². The van der Waals surface area contributed by atoms with Gasteiger partial charge in [0.1, 0.15) is 6.10 Å². The van der Waals surface area contributed by atoms with E-state index in [0.29, 0.717) is 5.56 Å². The lowest BCUT2D eigenvalue weighted by Gasteiger charge is -2.16. The smallest absolute Gasteiger partial charge is 0.194 e. The normalized spacial score (nSPS) is 13.2. The minimum atomic E-state index is -0.376. The molecule has 78 valence electrons. The Hall–Kier alpha value is -1.16. The summed E-state index contributed by atoms with van der Waals surface area (Å²) in [6.45, 7) is 3.92. The molecule has 0 radical (unpaired) electrons. The summed E-state index contributed by atoms with van der Waals surface area (Å²) in [4.78, 5) is 11.9. The molecule has 1 aromatic rings. The summed E-state index contributed by atoms with van der Waals surface area (Å²) in [7, 11) is 3.34. The summed E-state index contributed by atoms with van der Waals surface area (Å²) < 4.78 is 6.76. The van der Waals surface area contributed by atoms with E-state index in [1.807, 2.05) is 13.8 Å². The van der Waals surface area contributed by atoms with Crippen LogP contribution in [0.1, 0.15) is 24.2 Å². The monoisotopic (exact) mass is 196 g/mol. The van der Waals surface area contributed by atoms with Crippen molar-refractivity contribution in [2.45, 2.75) is 20.0 Å². The van der Waals surface area contributed by atoms with E-state index < -0.39 is 0 Å². The predicted octanol–water partition coefficient (Wildman–Crippen LogP) is 1.27. The number of nitrogens with zero attached hydrogens (tertiary/aromatic N) is 2. The number of aromatic nitrogens is 2. The van der Waals surface area contributed by atoms with Gasteiger partial charge in [0.15, 0.2) is 5.78 Å². The lowest BCUT2D eigenvalue weighted by Crippen LogP contribution is -2.28. The fourth-order valence-electron chi connectivity index (χ4n) is 1.39. The van der Waals surface area contributed by atoms with E-state index in [2.05, 4.69) is 5.10 Å². The van der Waals surface area contributed by atoms with Gasteiger partial charge in [-0.05, 0) is 5.92 Å². The SMILES string of the molecule is COC(C(=O)c1cnn(C)c1)C(C)C. The number of carbonyl (C=O) groups excluding carboxylic acids is 1. The van der Waals surface area contributed by atoms with Crippen LogP contribution in [-0.2, 0) is 11.8 Å². The number of ketones is 1. The number of methoxy groups -OCH3 is 1. The molecule has 0 amide bonds. The van der Waals surface area contributed by atoms with Gasteiger partial charge in [0, 0.05) is 20.4 Å². The first-order valence-electron chi connectivity index (χ1n) is 4.62. The first-order chi connectivity index (χ1) is 6.56. The molecule has 1 heterocycles. The van der Waals surface area contributed by atoms with Gasteiger partial charge < -0.3 is 4.74 Å². The lowest BCUT2D eigenvalue weighted by atomic mass is 10.00. The number of hydrogen-bond donors (Lipinski definition) is 0. The van der Waals surface area contributed by atoms with Crippen LogP contribution < -0.4 is 0 Å². The van der Waals surface area contributed by atoms with Gasteiger partial charge in [-0.2, -0.15) is 5.10 Å². The zero-order valence-electron chi connectivity index (χ0n) is 9.02. The van der Waals surface area contributed by atoms with Gasteiger partial charge in [-0.25, -0.2) is 0 Å². The molecule has 14 heavy (non-hydrogen) atoms. The Kier molecular flexibility index (Phi) is 3.41. The fraction of sp³-hybridized carbons (Fsp3) is 0.600. The van der Waals surface area contributed by atoms with Crippen LogP contribution in [0.3, 0.4) is 0 Å². The molecule has 0 N–H and O–H groups in total. The summed E-state index contributed by atoms with van der Waals surface area (Å²) in [5, 5.41) is 3.95. The van der Waals surface area contributed by atoms with Gasteiger partial charge in [0.2, 0.25) is 0 Å². The van der Waals surface area contributed by atoms with E-state index in [0.717, 1.165) is 0 Å². The third kappa shape index (κ3) is 2.20. The van der Waals surface area contributed by atoms with E-state index in [-0.39, 0.29) is 17.8 Å². The zero-order chi connectivity index (χ0) is 10.7. The van der Waals surface area contributed by atoms with E-state index in [4.69, 9.17) is 4.74 Å². The highest BCUT2D eigenvalue weighted by Crippen LogP contribution is 2.12. The van der Waals surface area contributed by atoms with Crippen LogP contribution >= 0.6 is 0 Å². The fourth-order valence-corrected chi connectivity index (χ4v) is 1.39. The summed E-state index contributed by atoms with van der Waals surface area (Å²) >= 11 is 0. The highest BCUT2D eigenvalue weighted by atomic mass is 16.5. The number of ether oxygens (including phenoxy) is 1. The maximum Gasteiger partial charge on any atom is 0.194 e. The Morgan fingerprint density at radius 2 is 2.21 bits per heavy atom. The van der Waals surface area contributed by atoms with E-state index in [9.17, 15) is 4.79 Å². The number of carbonyl (C=O) groups is 1. The second kappa shape index (κ2) is 4.37. The van der Waals surface area contributed by atoms with E-state index in [1.54, 1.807) is 31.2 Å². The molecule has 0 aliphatic rings. The minimum absolute atomic E-state index is 0.00407. The van der Waals surface area contributed by atoms with Crippen molar-refractivity contribution in [1.82, 2.24) is 9.78 Å². The van der Waals surface area contributed by atoms with Crippen LogP contribution in [0.4, 0.5) is 0 Å². The molecule has 0 bridgehead atoms. The quantitative estimate of drug-likeness (QED) is 0.681. The summed E-state index contributed by atoms with van der Waals surface area (Å²) in [5.41, 5.74) is 0.605. The van der Waals surface area contributed by atoms with Crippen LogP contribution in [0.15, 0.2) is 12.4 Å². The first-order valence-corrected chi connectivity index (χ1v) is 4.62. The molecule has 1 atom stereocenters. The molecule has 0 fully saturated rings. The number of rotatable bonds is 4. The zero-order valence-corrected chi connectivity index (χ0v) is 9.02. The molecule has 1 rings (SSSR count). The standard InChI is InChI=1S/C10H16N2O2/c1-7(2)10(14-4)9(13)8-5-11-12(3)6-8/h5-7,10H,1-4H3. The summed E-state index contributed by atoms with van der Waals surface area (Å²) in [6.07, 6.45) is 2.90. The Morgan fingerprint density at radius 3 is 2.57 bits per heavy atom. The van der Waals surface area contributed by atoms with Gasteiger partial charge in [-0.1, -0.05) is 13.8 Å². The molecule has 0 aliphatic carbocycles. The topological polar surface area (TPSA) is 44.1 Å². The molecule has 0 spiro atoms. The van der Waals surface area contributed by atoms with Crippen molar-refractivity contribution in [1.29, 1.82) is 0 Å². The minimum Gasteiger partial charge on any atom is -0.373 e. The third-order valence-corrected chi connectivity index (χ3v) is 2.11. The van der Waals surface area contributed by atoms with E-state index >= 15 is 0 Å². The Morgan fingerprint density at radius 1 is 1.57 bits per heavy atom. The van der Waals surface area contributed by atoms with Crippen LogP contribution in [0.25, 0.3) is 0 Å².